The molecule has 0 aromatic heterocycles. The first-order chi connectivity index (χ1) is 10.3. The molecule has 3 rings (SSSR count). The molecule has 1 atom stereocenters. The number of hydrogen-bond acceptors (Lipinski definition) is 2. The van der Waals surface area contributed by atoms with Gasteiger partial charge in [0.1, 0.15) is 0 Å². The fourth-order valence-corrected chi connectivity index (χ4v) is 4.13. The predicted octanol–water partition coefficient (Wildman–Crippen LogP) is 3.24. The van der Waals surface area contributed by atoms with E-state index in [1.165, 1.54) is 82.9 Å². The zero-order chi connectivity index (χ0) is 14.9. The summed E-state index contributed by atoms with van der Waals surface area (Å²) in [6.07, 6.45) is 8.90. The van der Waals surface area contributed by atoms with Crippen LogP contribution in [0.1, 0.15) is 50.0 Å². The number of carbonyl (C=O) groups is 1. The number of hydrogen-bond donors (Lipinski definition) is 2. The van der Waals surface area contributed by atoms with Gasteiger partial charge in [-0.25, -0.2) is 0 Å². The van der Waals surface area contributed by atoms with Gasteiger partial charge in [-0.05, 0) is 36.5 Å². The number of carbonyl (C=O) groups excluding carboxylic acids is 1. The number of amides is 1. The van der Waals surface area contributed by atoms with E-state index < -0.39 is 0 Å². The second-order valence-electron chi connectivity index (χ2n) is 5.91. The summed E-state index contributed by atoms with van der Waals surface area (Å²) in [5.41, 5.74) is 2.30. The molecule has 3 radical (unpaired) electrons. The van der Waals surface area contributed by atoms with Gasteiger partial charge in [0.15, 0.2) is 0 Å². The van der Waals surface area contributed by atoms with Crippen LogP contribution in [-0.4, -0.2) is 45.3 Å². The van der Waals surface area contributed by atoms with Gasteiger partial charge in [0.2, 0.25) is 6.41 Å². The average Bonchev–Trinajstić information content (AvgIpc) is 3.01. The van der Waals surface area contributed by atoms with Crippen LogP contribution >= 0.6 is 0 Å². The third-order valence-corrected chi connectivity index (χ3v) is 6.19. The van der Waals surface area contributed by atoms with E-state index in [1.54, 1.807) is 0 Å². The second kappa shape index (κ2) is 9.56. The van der Waals surface area contributed by atoms with Gasteiger partial charge < -0.3 is 5.32 Å². The minimum atomic E-state index is 0.718. The third kappa shape index (κ3) is 6.06. The van der Waals surface area contributed by atoms with Gasteiger partial charge in [-0.2, -0.15) is 0 Å². The van der Waals surface area contributed by atoms with Gasteiger partial charge in [0.25, 0.3) is 0 Å². The second-order valence-corrected chi connectivity index (χ2v) is 9.08. The number of anilines is 1. The van der Waals surface area contributed by atoms with E-state index in [4.69, 9.17) is 0 Å². The molecule has 2 fully saturated rings. The van der Waals surface area contributed by atoms with Crippen LogP contribution in [0.25, 0.3) is 0 Å². The zero-order valence-corrected chi connectivity index (χ0v) is 16.5. The zero-order valence-electron chi connectivity index (χ0n) is 12.6. The fourth-order valence-electron chi connectivity index (χ4n) is 3.01. The summed E-state index contributed by atoms with van der Waals surface area (Å²) in [4.78, 5) is 10.2. The van der Waals surface area contributed by atoms with Gasteiger partial charge in [0.05, 0.1) is 0 Å². The van der Waals surface area contributed by atoms with Crippen molar-refractivity contribution in [1.29, 1.82) is 0 Å². The molecule has 21 heavy (non-hydrogen) atoms. The molecule has 4 heteroatoms. The molecule has 1 aromatic rings. The molecule has 1 amide bonds. The van der Waals surface area contributed by atoms with E-state index in [1.807, 2.05) is 12.1 Å². The summed E-state index contributed by atoms with van der Waals surface area (Å²) in [5.74, 6) is 0.740. The van der Waals surface area contributed by atoms with Crippen molar-refractivity contribution in [1.82, 2.24) is 5.32 Å². The maximum absolute atomic E-state index is 10.2. The van der Waals surface area contributed by atoms with Gasteiger partial charge in [-0.3, -0.25) is 4.79 Å². The molecular formula is C17H25N2OPb. The van der Waals surface area contributed by atoms with Crippen LogP contribution in [0.4, 0.5) is 5.69 Å². The fraction of sp³-hybridized carbons (Fsp3) is 0.588. The van der Waals surface area contributed by atoms with Crippen molar-refractivity contribution in [3.8, 4) is 0 Å². The van der Waals surface area contributed by atoms with Gasteiger partial charge >= 0.3 is 54.1 Å². The average molecular weight is 481 g/mol. The third-order valence-electron chi connectivity index (χ3n) is 4.27. The number of rotatable bonds is 3. The summed E-state index contributed by atoms with van der Waals surface area (Å²) in [5, 5.41) is 5.96. The monoisotopic (exact) mass is 481 g/mol. The van der Waals surface area contributed by atoms with E-state index in [0.29, 0.717) is 0 Å². The normalized spacial score (nSPS) is 22.2. The first-order valence-corrected chi connectivity index (χ1v) is 10.3. The van der Waals surface area contributed by atoms with Crippen LogP contribution in [-0.2, 0) is 4.79 Å². The Morgan fingerprint density at radius 3 is 2.29 bits per heavy atom. The SMILES string of the molecule is O=CNc1ccc(C2CCCCC2)cc1.[Pb][CH]1CCNC1. The molecule has 0 spiro atoms. The minimum absolute atomic E-state index is 0.718. The van der Waals surface area contributed by atoms with Crippen LogP contribution < -0.4 is 10.6 Å². The van der Waals surface area contributed by atoms with Crippen molar-refractivity contribution in [2.24, 2.45) is 0 Å². The molecule has 1 saturated carbocycles. The van der Waals surface area contributed by atoms with Crippen LogP contribution in [0.15, 0.2) is 24.3 Å². The molecule has 0 bridgehead atoms. The van der Waals surface area contributed by atoms with Crippen LogP contribution in [0, 0.1) is 0 Å². The quantitative estimate of drug-likeness (QED) is 0.515. The molecule has 1 heterocycles. The Kier molecular flexibility index (Phi) is 7.71. The van der Waals surface area contributed by atoms with Crippen LogP contribution in [0.3, 0.4) is 0 Å². The summed E-state index contributed by atoms with van der Waals surface area (Å²) >= 11 is 1.39. The first-order valence-electron chi connectivity index (χ1n) is 8.01. The molecule has 3 nitrogen and oxygen atoms in total. The number of benzene rings is 1. The van der Waals surface area contributed by atoms with Crippen molar-refractivity contribution in [3.05, 3.63) is 29.8 Å². The standard InChI is InChI=1S/C13H17NO.C4H8N.Pb/c15-10-14-13-8-6-12(7-9-13)11-4-2-1-3-5-11;1-2-4-5-3-1;/h6-11H,1-5H2,(H,14,15);1,5H,2-4H2;. The topological polar surface area (TPSA) is 41.1 Å². The number of nitrogens with one attached hydrogen (secondary N) is 2. The molecule has 1 aromatic carbocycles. The summed E-state index contributed by atoms with van der Waals surface area (Å²) in [6, 6.07) is 8.25. The molecule has 1 saturated heterocycles. The van der Waals surface area contributed by atoms with Crippen LogP contribution in [0.2, 0.25) is 3.48 Å². The van der Waals surface area contributed by atoms with E-state index in [2.05, 4.69) is 22.8 Å². The molecule has 1 aliphatic carbocycles. The molecule has 113 valence electrons. The van der Waals surface area contributed by atoms with E-state index >= 15 is 0 Å². The van der Waals surface area contributed by atoms with Crippen molar-refractivity contribution in [2.75, 3.05) is 18.4 Å². The molecule has 2 aliphatic rings. The van der Waals surface area contributed by atoms with Gasteiger partial charge in [-0.1, -0.05) is 31.4 Å². The molecule has 1 aliphatic heterocycles. The van der Waals surface area contributed by atoms with E-state index in [9.17, 15) is 4.79 Å². The Morgan fingerprint density at radius 1 is 1.10 bits per heavy atom. The molecule has 2 N–H and O–H groups in total. The van der Waals surface area contributed by atoms with E-state index in [-0.39, 0.29) is 0 Å². The Hall–Kier alpha value is -0.428. The summed E-state index contributed by atoms with van der Waals surface area (Å²) in [7, 11) is 0. The van der Waals surface area contributed by atoms with Crippen molar-refractivity contribution in [3.63, 3.8) is 0 Å². The Balaban J connectivity index is 0.000000225. The van der Waals surface area contributed by atoms with Crippen LogP contribution in [0.5, 0.6) is 0 Å². The molecular weight excluding hydrogens is 455 g/mol. The maximum atomic E-state index is 10.2. The van der Waals surface area contributed by atoms with Crippen molar-refractivity contribution >= 4 is 37.9 Å². The molecule has 1 unspecified atom stereocenters. The van der Waals surface area contributed by atoms with Crippen molar-refractivity contribution < 1.29 is 4.79 Å². The Bertz CT molecular complexity index is 409. The van der Waals surface area contributed by atoms with Crippen molar-refractivity contribution in [2.45, 2.75) is 47.9 Å². The Morgan fingerprint density at radius 2 is 1.81 bits per heavy atom. The van der Waals surface area contributed by atoms with E-state index in [0.717, 1.165) is 21.5 Å². The Labute approximate surface area is 144 Å². The summed E-state index contributed by atoms with van der Waals surface area (Å²) in [6.45, 7) is 2.57. The van der Waals surface area contributed by atoms with Gasteiger partial charge in [0, 0.05) is 5.69 Å². The first kappa shape index (κ1) is 16.9. The predicted molar refractivity (Wildman–Crippen MR) is 88.9 cm³/mol. The summed E-state index contributed by atoms with van der Waals surface area (Å²) < 4.78 is 1.07. The van der Waals surface area contributed by atoms with Gasteiger partial charge in [-0.15, -0.1) is 0 Å².